The summed E-state index contributed by atoms with van der Waals surface area (Å²) < 4.78 is 32.6. The standard InChI is InChI=1S/C19H15BrClF2N3O2S/c1-10-6-7-29-18-25-15-9-11(8-14(20)16(15)26(10)18)17(27)24-12-2-4-13(5-3-12)28-19(21,22)23/h2-5,8-10H,6-7H2,1H3,(H,24,27)/t10-/m1/s1. The summed E-state index contributed by atoms with van der Waals surface area (Å²) in [7, 11) is 0. The summed E-state index contributed by atoms with van der Waals surface area (Å²) in [6.45, 7) is 2.16. The first-order valence-corrected chi connectivity index (χ1v) is 10.9. The summed E-state index contributed by atoms with van der Waals surface area (Å²) in [6.07, 6.45) is 1.06. The van der Waals surface area contributed by atoms with E-state index in [4.69, 9.17) is 11.6 Å². The summed E-state index contributed by atoms with van der Waals surface area (Å²) in [4.78, 5) is 17.4. The number of hydrogen-bond donors (Lipinski definition) is 1. The maximum absolute atomic E-state index is 12.7. The third-order valence-electron chi connectivity index (χ3n) is 4.52. The van der Waals surface area contributed by atoms with Gasteiger partial charge in [-0.25, -0.2) is 4.98 Å². The van der Waals surface area contributed by atoms with Gasteiger partial charge in [0.2, 0.25) is 0 Å². The molecule has 0 saturated carbocycles. The first-order valence-electron chi connectivity index (χ1n) is 8.73. The Morgan fingerprint density at radius 3 is 2.79 bits per heavy atom. The highest BCUT2D eigenvalue weighted by atomic mass is 79.9. The maximum atomic E-state index is 12.7. The van der Waals surface area contributed by atoms with Gasteiger partial charge in [-0.3, -0.25) is 4.79 Å². The van der Waals surface area contributed by atoms with Crippen LogP contribution in [0, 0.1) is 0 Å². The average Bonchev–Trinajstić information content (AvgIpc) is 3.02. The predicted octanol–water partition coefficient (Wildman–Crippen LogP) is 6.28. The summed E-state index contributed by atoms with van der Waals surface area (Å²) in [5.41, 5.74) is -1.20. The van der Waals surface area contributed by atoms with Crippen LogP contribution in [-0.4, -0.2) is 26.8 Å². The molecule has 152 valence electrons. The molecular formula is C19H15BrClF2N3O2S. The molecule has 1 N–H and O–H groups in total. The van der Waals surface area contributed by atoms with Crippen molar-refractivity contribution in [2.75, 3.05) is 11.1 Å². The molecule has 5 nitrogen and oxygen atoms in total. The van der Waals surface area contributed by atoms with Crippen molar-refractivity contribution in [2.24, 2.45) is 0 Å². The number of hydrogen-bond acceptors (Lipinski definition) is 4. The number of rotatable bonds is 4. The van der Waals surface area contributed by atoms with Gasteiger partial charge in [0.15, 0.2) is 5.16 Å². The highest BCUT2D eigenvalue weighted by Crippen LogP contribution is 2.38. The zero-order valence-electron chi connectivity index (χ0n) is 15.1. The molecule has 0 spiro atoms. The van der Waals surface area contributed by atoms with Gasteiger partial charge in [0.25, 0.3) is 5.91 Å². The molecule has 3 aromatic rings. The Labute approximate surface area is 182 Å². The van der Waals surface area contributed by atoms with Gasteiger partial charge < -0.3 is 14.6 Å². The molecule has 4 rings (SSSR count). The monoisotopic (exact) mass is 501 g/mol. The van der Waals surface area contributed by atoms with Crippen molar-refractivity contribution in [1.29, 1.82) is 0 Å². The molecule has 0 fully saturated rings. The number of anilines is 1. The molecule has 1 aromatic heterocycles. The number of ether oxygens (including phenoxy) is 1. The fourth-order valence-electron chi connectivity index (χ4n) is 3.20. The number of amides is 1. The number of alkyl halides is 3. The van der Waals surface area contributed by atoms with E-state index < -0.39 is 5.57 Å². The molecule has 1 atom stereocenters. The van der Waals surface area contributed by atoms with Gasteiger partial charge in [0.05, 0.1) is 11.0 Å². The van der Waals surface area contributed by atoms with Crippen molar-refractivity contribution in [3.8, 4) is 5.75 Å². The Kier molecular flexibility index (Phi) is 5.48. The molecule has 0 bridgehead atoms. The number of fused-ring (bicyclic) bond motifs is 3. The van der Waals surface area contributed by atoms with Gasteiger partial charge in [-0.05, 0) is 65.7 Å². The number of nitrogens with zero attached hydrogens (tertiary/aromatic N) is 2. The van der Waals surface area contributed by atoms with Crippen LogP contribution in [0.15, 0.2) is 46.0 Å². The topological polar surface area (TPSA) is 56.1 Å². The van der Waals surface area contributed by atoms with Crippen LogP contribution in [-0.2, 0) is 0 Å². The Balaban J connectivity index is 1.58. The number of halogens is 4. The molecular weight excluding hydrogens is 488 g/mol. The van der Waals surface area contributed by atoms with Crippen molar-refractivity contribution in [2.45, 2.75) is 30.1 Å². The van der Waals surface area contributed by atoms with Gasteiger partial charge in [-0.15, -0.1) is 8.78 Å². The van der Waals surface area contributed by atoms with Gasteiger partial charge in [0.1, 0.15) is 5.75 Å². The minimum Gasteiger partial charge on any atom is -0.420 e. The maximum Gasteiger partial charge on any atom is 0.487 e. The van der Waals surface area contributed by atoms with E-state index in [1.165, 1.54) is 24.3 Å². The summed E-state index contributed by atoms with van der Waals surface area (Å²) in [5.74, 6) is 0.572. The highest BCUT2D eigenvalue weighted by Gasteiger charge is 2.27. The molecule has 0 saturated heterocycles. The van der Waals surface area contributed by atoms with Crippen molar-refractivity contribution in [3.05, 3.63) is 46.4 Å². The predicted molar refractivity (Wildman–Crippen MR) is 113 cm³/mol. The summed E-state index contributed by atoms with van der Waals surface area (Å²) in [5, 5.41) is 3.68. The minimum atomic E-state index is -3.79. The van der Waals surface area contributed by atoms with E-state index in [0.717, 1.165) is 32.8 Å². The molecule has 0 radical (unpaired) electrons. The van der Waals surface area contributed by atoms with E-state index >= 15 is 0 Å². The van der Waals surface area contributed by atoms with Crippen LogP contribution in [0.25, 0.3) is 11.0 Å². The van der Waals surface area contributed by atoms with Crippen LogP contribution in [0.2, 0.25) is 0 Å². The normalized spacial score (nSPS) is 16.5. The molecule has 2 heterocycles. The number of aromatic nitrogens is 2. The Hall–Kier alpha value is -1.84. The van der Waals surface area contributed by atoms with E-state index in [9.17, 15) is 13.6 Å². The van der Waals surface area contributed by atoms with Crippen molar-refractivity contribution >= 4 is 61.9 Å². The van der Waals surface area contributed by atoms with E-state index in [-0.39, 0.29) is 11.7 Å². The molecule has 0 unspecified atom stereocenters. The molecule has 1 aliphatic heterocycles. The van der Waals surface area contributed by atoms with Crippen LogP contribution < -0.4 is 10.1 Å². The average molecular weight is 503 g/mol. The third kappa shape index (κ3) is 4.36. The molecule has 1 amide bonds. The summed E-state index contributed by atoms with van der Waals surface area (Å²) in [6, 6.07) is 9.35. The number of thioether (sulfide) groups is 1. The molecule has 29 heavy (non-hydrogen) atoms. The number of benzene rings is 2. The van der Waals surface area contributed by atoms with Gasteiger partial charge in [-0.2, -0.15) is 0 Å². The van der Waals surface area contributed by atoms with E-state index in [0.29, 0.717) is 17.3 Å². The van der Waals surface area contributed by atoms with Crippen LogP contribution in [0.5, 0.6) is 5.75 Å². The Morgan fingerprint density at radius 1 is 1.38 bits per heavy atom. The second-order valence-electron chi connectivity index (χ2n) is 6.60. The first-order chi connectivity index (χ1) is 13.7. The Morgan fingerprint density at radius 2 is 2.10 bits per heavy atom. The number of imidazole rings is 1. The molecule has 0 aliphatic carbocycles. The first kappa shape index (κ1) is 20.4. The number of carbonyl (C=O) groups excluding carboxylic acids is 1. The second-order valence-corrected chi connectivity index (χ2v) is 8.96. The zero-order chi connectivity index (χ0) is 20.8. The second kappa shape index (κ2) is 7.77. The fourth-order valence-corrected chi connectivity index (χ4v) is 5.14. The lowest BCUT2D eigenvalue weighted by atomic mass is 10.1. The van der Waals surface area contributed by atoms with Crippen LogP contribution in [0.1, 0.15) is 29.7 Å². The molecule has 10 heteroatoms. The van der Waals surface area contributed by atoms with E-state index in [1.54, 1.807) is 23.9 Å². The van der Waals surface area contributed by atoms with Crippen LogP contribution in [0.4, 0.5) is 14.5 Å². The number of nitrogens with one attached hydrogen (secondary N) is 1. The number of carbonyl (C=O) groups is 1. The lowest BCUT2D eigenvalue weighted by molar-refractivity contribution is -0.0964. The van der Waals surface area contributed by atoms with Crippen molar-refractivity contribution in [3.63, 3.8) is 0 Å². The third-order valence-corrected chi connectivity index (χ3v) is 6.19. The Bertz CT molecular complexity index is 1090. The van der Waals surface area contributed by atoms with Gasteiger partial charge in [0, 0.05) is 39.1 Å². The van der Waals surface area contributed by atoms with Crippen LogP contribution >= 0.6 is 39.3 Å². The fraction of sp³-hybridized carbons (Fsp3) is 0.263. The SMILES string of the molecule is C[C@@H]1CCSc2nc3cc(C(=O)Nc4ccc(OC(F)(F)Cl)cc4)cc(Br)c3n21. The lowest BCUT2D eigenvalue weighted by Gasteiger charge is -2.22. The lowest BCUT2D eigenvalue weighted by Crippen LogP contribution is -2.16. The smallest absolute Gasteiger partial charge is 0.420 e. The zero-order valence-corrected chi connectivity index (χ0v) is 18.2. The largest absolute Gasteiger partial charge is 0.487 e. The van der Waals surface area contributed by atoms with Crippen molar-refractivity contribution in [1.82, 2.24) is 9.55 Å². The molecule has 1 aliphatic rings. The quantitative estimate of drug-likeness (QED) is 0.427. The van der Waals surface area contributed by atoms with Crippen LogP contribution in [0.3, 0.4) is 0 Å². The summed E-state index contributed by atoms with van der Waals surface area (Å²) >= 11 is 10.0. The molecule has 2 aromatic carbocycles. The van der Waals surface area contributed by atoms with E-state index in [2.05, 4.69) is 42.5 Å². The van der Waals surface area contributed by atoms with E-state index in [1.807, 2.05) is 0 Å². The highest BCUT2D eigenvalue weighted by molar-refractivity contribution is 9.10. The minimum absolute atomic E-state index is 0.109. The van der Waals surface area contributed by atoms with Gasteiger partial charge >= 0.3 is 5.57 Å². The van der Waals surface area contributed by atoms with Gasteiger partial charge in [-0.1, -0.05) is 11.8 Å². The van der Waals surface area contributed by atoms with Crippen molar-refractivity contribution < 1.29 is 18.3 Å².